The van der Waals surface area contributed by atoms with E-state index in [2.05, 4.69) is 70.2 Å². The molecule has 4 nitrogen and oxygen atoms in total. The third-order valence-electron chi connectivity index (χ3n) is 7.86. The molecule has 0 radical (unpaired) electrons. The molecule has 1 aliphatic rings. The zero-order valence-corrected chi connectivity index (χ0v) is 20.1. The number of hydrogen-bond acceptors (Lipinski definition) is 5. The average Bonchev–Trinajstić information content (AvgIpc) is 3.37. The highest BCUT2D eigenvalue weighted by Gasteiger charge is 2.51. The summed E-state index contributed by atoms with van der Waals surface area (Å²) in [6.45, 7) is 8.33. The van der Waals surface area contributed by atoms with Crippen LogP contribution in [0.5, 0.6) is 0 Å². The van der Waals surface area contributed by atoms with E-state index < -0.39 is 18.3 Å². The minimum Gasteiger partial charge on any atom is -0.456 e. The van der Waals surface area contributed by atoms with Crippen molar-refractivity contribution in [2.24, 2.45) is 0 Å². The third-order valence-corrected chi connectivity index (χ3v) is 9.03. The highest BCUT2D eigenvalue weighted by Crippen LogP contribution is 2.48. The van der Waals surface area contributed by atoms with Crippen molar-refractivity contribution in [3.8, 4) is 0 Å². The summed E-state index contributed by atoms with van der Waals surface area (Å²) in [6, 6.07) is 19.0. The van der Waals surface area contributed by atoms with E-state index in [9.17, 15) is 0 Å². The fourth-order valence-corrected chi connectivity index (χ4v) is 6.74. The molecule has 0 aliphatic carbocycles. The van der Waals surface area contributed by atoms with E-state index in [1.165, 1.54) is 20.9 Å². The Kier molecular flexibility index (Phi) is 3.37. The second kappa shape index (κ2) is 5.95. The number of benzene rings is 4. The van der Waals surface area contributed by atoms with Crippen molar-refractivity contribution in [1.82, 2.24) is 0 Å². The van der Waals surface area contributed by atoms with Gasteiger partial charge >= 0.3 is 7.12 Å². The Hall–Kier alpha value is -3.06. The first-order valence-electron chi connectivity index (χ1n) is 11.6. The lowest BCUT2D eigenvalue weighted by atomic mass is 9.79. The molecular weight excluding hydrogens is 443 g/mol. The first-order chi connectivity index (χ1) is 16.3. The van der Waals surface area contributed by atoms with Crippen molar-refractivity contribution in [3.63, 3.8) is 0 Å². The Morgan fingerprint density at radius 2 is 1.32 bits per heavy atom. The van der Waals surface area contributed by atoms with E-state index in [4.69, 9.17) is 18.1 Å². The van der Waals surface area contributed by atoms with Gasteiger partial charge in [0.05, 0.1) is 11.2 Å². The van der Waals surface area contributed by atoms with E-state index in [1.807, 2.05) is 12.1 Å². The standard InChI is InChI=1S/C28H21BO4S/c1-27(2)28(3,4)33-29(32-27)15-12-20-22-21(13-15)34-26-16-8-6-5-7-14(16)11-19-25(26)24-18(30-19)10-9-17(31-20)23(22)24/h5-13H,1-4H3. The van der Waals surface area contributed by atoms with Gasteiger partial charge in [0.25, 0.3) is 0 Å². The van der Waals surface area contributed by atoms with E-state index in [0.29, 0.717) is 0 Å². The van der Waals surface area contributed by atoms with Gasteiger partial charge in [-0.25, -0.2) is 0 Å². The van der Waals surface area contributed by atoms with E-state index in [1.54, 1.807) is 11.3 Å². The van der Waals surface area contributed by atoms with Crippen LogP contribution in [0.4, 0.5) is 0 Å². The lowest BCUT2D eigenvalue weighted by Gasteiger charge is -2.32. The molecule has 0 atom stereocenters. The fourth-order valence-electron chi connectivity index (χ4n) is 5.42. The predicted molar refractivity (Wildman–Crippen MR) is 141 cm³/mol. The molecule has 1 aliphatic heterocycles. The number of fused-ring (bicyclic) bond motifs is 2. The first kappa shape index (κ1) is 19.3. The van der Waals surface area contributed by atoms with Crippen LogP contribution >= 0.6 is 11.3 Å². The Morgan fingerprint density at radius 1 is 0.676 bits per heavy atom. The summed E-state index contributed by atoms with van der Waals surface area (Å²) in [5.74, 6) is 0. The summed E-state index contributed by atoms with van der Waals surface area (Å²) >= 11 is 1.79. The molecule has 166 valence electrons. The maximum Gasteiger partial charge on any atom is 0.495 e. The molecule has 7 aromatic rings. The molecule has 6 heteroatoms. The van der Waals surface area contributed by atoms with Crippen molar-refractivity contribution in [2.45, 2.75) is 38.9 Å². The molecule has 3 aromatic heterocycles. The second-order valence-corrected chi connectivity index (χ2v) is 11.5. The Morgan fingerprint density at radius 3 is 2.06 bits per heavy atom. The molecule has 1 fully saturated rings. The molecule has 0 saturated carbocycles. The van der Waals surface area contributed by atoms with Crippen LogP contribution in [0.2, 0.25) is 0 Å². The molecular formula is C28H21BO4S. The van der Waals surface area contributed by atoms with Crippen molar-refractivity contribution >= 4 is 88.0 Å². The number of rotatable bonds is 1. The lowest BCUT2D eigenvalue weighted by molar-refractivity contribution is 0.00578. The molecule has 0 amide bonds. The summed E-state index contributed by atoms with van der Waals surface area (Å²) in [4.78, 5) is 0. The zero-order valence-electron chi connectivity index (χ0n) is 19.3. The summed E-state index contributed by atoms with van der Waals surface area (Å²) in [5, 5.41) is 6.98. The van der Waals surface area contributed by atoms with E-state index >= 15 is 0 Å². The van der Waals surface area contributed by atoms with E-state index in [0.717, 1.165) is 48.7 Å². The topological polar surface area (TPSA) is 44.7 Å². The van der Waals surface area contributed by atoms with E-state index in [-0.39, 0.29) is 0 Å². The van der Waals surface area contributed by atoms with Crippen molar-refractivity contribution in [3.05, 3.63) is 54.6 Å². The maximum atomic E-state index is 6.41. The lowest BCUT2D eigenvalue weighted by Crippen LogP contribution is -2.41. The SMILES string of the molecule is CC1(C)OB(c2cc3oc4ccc5oc6cc7ccccc7c7sc(c2)c3c4c5c67)OC1(C)C. The summed E-state index contributed by atoms with van der Waals surface area (Å²) in [5.41, 5.74) is 3.70. The molecule has 0 spiro atoms. The normalized spacial score (nSPS) is 18.2. The van der Waals surface area contributed by atoms with Crippen LogP contribution in [0.3, 0.4) is 0 Å². The van der Waals surface area contributed by atoms with Crippen LogP contribution in [-0.4, -0.2) is 18.3 Å². The summed E-state index contributed by atoms with van der Waals surface area (Å²) in [6.07, 6.45) is 0. The smallest absolute Gasteiger partial charge is 0.456 e. The van der Waals surface area contributed by atoms with Gasteiger partial charge in [0, 0.05) is 30.9 Å². The van der Waals surface area contributed by atoms with Crippen molar-refractivity contribution in [1.29, 1.82) is 0 Å². The monoisotopic (exact) mass is 464 g/mol. The van der Waals surface area contributed by atoms with Gasteiger partial charge in [-0.2, -0.15) is 0 Å². The minimum atomic E-state index is -0.448. The maximum absolute atomic E-state index is 6.41. The molecule has 0 unspecified atom stereocenters. The molecule has 0 bridgehead atoms. The minimum absolute atomic E-state index is 0.403. The van der Waals surface area contributed by atoms with Crippen LogP contribution in [-0.2, 0) is 9.31 Å². The first-order valence-corrected chi connectivity index (χ1v) is 12.4. The van der Waals surface area contributed by atoms with Gasteiger partial charge in [0.2, 0.25) is 0 Å². The van der Waals surface area contributed by atoms with Gasteiger partial charge in [0.1, 0.15) is 22.3 Å². The van der Waals surface area contributed by atoms with Gasteiger partial charge in [-0.3, -0.25) is 0 Å². The zero-order chi connectivity index (χ0) is 23.0. The van der Waals surface area contributed by atoms with Gasteiger partial charge < -0.3 is 18.1 Å². The van der Waals surface area contributed by atoms with Gasteiger partial charge in [-0.15, -0.1) is 11.3 Å². The third kappa shape index (κ3) is 2.26. The van der Waals surface area contributed by atoms with Gasteiger partial charge in [-0.05, 0) is 74.3 Å². The highest BCUT2D eigenvalue weighted by molar-refractivity contribution is 7.25. The van der Waals surface area contributed by atoms with Crippen LogP contribution in [0.15, 0.2) is 63.4 Å². The Bertz CT molecular complexity index is 1920. The van der Waals surface area contributed by atoms with Crippen LogP contribution in [0, 0.1) is 0 Å². The molecule has 8 rings (SSSR count). The molecule has 0 N–H and O–H groups in total. The molecule has 1 saturated heterocycles. The van der Waals surface area contributed by atoms with Crippen LogP contribution < -0.4 is 5.46 Å². The van der Waals surface area contributed by atoms with Crippen LogP contribution in [0.25, 0.3) is 64.0 Å². The number of hydrogen-bond donors (Lipinski definition) is 0. The van der Waals surface area contributed by atoms with Crippen LogP contribution in [0.1, 0.15) is 27.7 Å². The summed E-state index contributed by atoms with van der Waals surface area (Å²) in [7, 11) is -0.448. The largest absolute Gasteiger partial charge is 0.495 e. The molecule has 34 heavy (non-hydrogen) atoms. The van der Waals surface area contributed by atoms with Gasteiger partial charge in [0.15, 0.2) is 0 Å². The van der Waals surface area contributed by atoms with Crippen molar-refractivity contribution < 1.29 is 18.1 Å². The Balaban J connectivity index is 1.56. The second-order valence-electron chi connectivity index (χ2n) is 10.4. The summed E-state index contributed by atoms with van der Waals surface area (Å²) < 4.78 is 27.9. The van der Waals surface area contributed by atoms with Gasteiger partial charge in [-0.1, -0.05) is 24.3 Å². The van der Waals surface area contributed by atoms with Crippen molar-refractivity contribution in [2.75, 3.05) is 0 Å². The molecule has 4 aromatic carbocycles. The Labute approximate surface area is 199 Å². The quantitative estimate of drug-likeness (QED) is 0.235. The predicted octanol–water partition coefficient (Wildman–Crippen LogP) is 7.59. The number of furan rings is 2. The highest BCUT2D eigenvalue weighted by atomic mass is 32.1. The average molecular weight is 464 g/mol. The molecule has 4 heterocycles. The fraction of sp³-hybridized carbons (Fsp3) is 0.214.